The standard InChI is InChI=1S/C41H30N12O4Se2/c1-21-17-24(13-15-27(21)46-35-29(22-9-5-3-6-10-22)48-40-50-37(54)31-33(52(35)40)44-19-42-31)58-59-25-14-16-28(26(18-25)39(56)57-2)47-36-30(23-11-7-4-8-12-23)49-41-51-38(55)32-34(53(36)41)45-20-43-32/h3-20,46-47H,1-2H3,(H,42,44)(H,43,45)(H,48,50,54)(H,49,51,55). The van der Waals surface area contributed by atoms with Crippen molar-refractivity contribution >= 4 is 98.0 Å². The summed E-state index contributed by atoms with van der Waals surface area (Å²) >= 11 is 0.0783. The number of rotatable bonds is 10. The van der Waals surface area contributed by atoms with Crippen molar-refractivity contribution in [2.75, 3.05) is 17.7 Å². The molecular formula is C41H30N12O4Se2. The van der Waals surface area contributed by atoms with Gasteiger partial charge in [0.05, 0.1) is 0 Å². The average Bonchev–Trinajstić information content (AvgIpc) is 4.08. The number of nitrogens with one attached hydrogen (secondary N) is 6. The van der Waals surface area contributed by atoms with E-state index in [2.05, 4.69) is 65.7 Å². The van der Waals surface area contributed by atoms with Crippen LogP contribution in [-0.4, -0.2) is 88.0 Å². The zero-order valence-electron chi connectivity index (χ0n) is 31.0. The van der Waals surface area contributed by atoms with E-state index in [1.165, 1.54) is 24.2 Å². The third-order valence-electron chi connectivity index (χ3n) is 9.75. The molecule has 290 valence electrons. The normalized spacial score (nSPS) is 11.6. The number of fused-ring (bicyclic) bond motifs is 6. The topological polar surface area (TPSA) is 208 Å². The number of imidazole rings is 4. The summed E-state index contributed by atoms with van der Waals surface area (Å²) in [6.07, 6.45) is 2.96. The van der Waals surface area contributed by atoms with Gasteiger partial charge in [0.1, 0.15) is 0 Å². The first kappa shape index (κ1) is 36.1. The molecule has 0 aliphatic carbocycles. The molecule has 18 heteroatoms. The number of aromatic nitrogens is 10. The second kappa shape index (κ2) is 14.6. The van der Waals surface area contributed by atoms with E-state index in [1.54, 1.807) is 4.40 Å². The van der Waals surface area contributed by atoms with E-state index in [0.717, 1.165) is 26.8 Å². The molecule has 10 rings (SSSR count). The predicted molar refractivity (Wildman–Crippen MR) is 228 cm³/mol. The molecule has 0 aliphatic heterocycles. The van der Waals surface area contributed by atoms with Gasteiger partial charge in [0.25, 0.3) is 0 Å². The number of H-pyrrole nitrogens is 4. The van der Waals surface area contributed by atoms with Crippen LogP contribution in [0.4, 0.5) is 23.0 Å². The van der Waals surface area contributed by atoms with Crippen molar-refractivity contribution in [3.63, 3.8) is 0 Å². The predicted octanol–water partition coefficient (Wildman–Crippen LogP) is 4.30. The summed E-state index contributed by atoms with van der Waals surface area (Å²) in [6, 6.07) is 31.5. The molecule has 0 fully saturated rings. The number of benzene rings is 4. The number of aryl methyl sites for hydroxylation is 1. The number of ether oxygens (including phenoxy) is 1. The molecule has 0 saturated heterocycles. The van der Waals surface area contributed by atoms with Crippen molar-refractivity contribution in [1.82, 2.24) is 48.7 Å². The van der Waals surface area contributed by atoms with Crippen molar-refractivity contribution in [3.8, 4) is 22.5 Å². The number of esters is 1. The van der Waals surface area contributed by atoms with Gasteiger partial charge in [-0.05, 0) is 0 Å². The number of methoxy groups -OCH3 is 1. The van der Waals surface area contributed by atoms with Crippen molar-refractivity contribution in [3.05, 3.63) is 142 Å². The second-order valence-electron chi connectivity index (χ2n) is 13.4. The Hall–Kier alpha value is -7.23. The summed E-state index contributed by atoms with van der Waals surface area (Å²) in [5.41, 5.74) is 6.59. The van der Waals surface area contributed by atoms with E-state index in [1.807, 2.05) is 83.3 Å². The average molecular weight is 913 g/mol. The van der Waals surface area contributed by atoms with E-state index >= 15 is 0 Å². The van der Waals surface area contributed by atoms with Gasteiger partial charge in [0.2, 0.25) is 0 Å². The molecule has 0 saturated carbocycles. The maximum absolute atomic E-state index is 13.3. The molecule has 59 heavy (non-hydrogen) atoms. The van der Waals surface area contributed by atoms with E-state index in [-0.39, 0.29) is 48.4 Å². The summed E-state index contributed by atoms with van der Waals surface area (Å²) < 4.78 is 11.1. The van der Waals surface area contributed by atoms with E-state index in [0.29, 0.717) is 57.1 Å². The van der Waals surface area contributed by atoms with Gasteiger partial charge in [-0.2, -0.15) is 0 Å². The molecule has 6 N–H and O–H groups in total. The summed E-state index contributed by atoms with van der Waals surface area (Å²) in [7, 11) is 1.36. The first-order valence-corrected chi connectivity index (χ1v) is 24.2. The fourth-order valence-corrected chi connectivity index (χ4v) is 13.1. The van der Waals surface area contributed by atoms with Crippen LogP contribution in [0.3, 0.4) is 0 Å². The Morgan fingerprint density at radius 3 is 1.66 bits per heavy atom. The molecule has 10 aromatic rings. The summed E-state index contributed by atoms with van der Waals surface area (Å²) in [5.74, 6) is 1.44. The minimum absolute atomic E-state index is 0.00991. The van der Waals surface area contributed by atoms with Gasteiger partial charge in [-0.25, -0.2) is 0 Å². The SMILES string of the molecule is COC(=O)c1cc([Se][Se]c2ccc(Nc3c(-c4ccccc4)nc4[nH]c(=O)c5nc[nH]c5n34)c(C)c2)ccc1Nc1c(-c2ccccc2)nc2[nH]c(=O)c3nc[nH]c3n12. The van der Waals surface area contributed by atoms with Crippen molar-refractivity contribution in [2.24, 2.45) is 0 Å². The zero-order valence-corrected chi connectivity index (χ0v) is 34.5. The van der Waals surface area contributed by atoms with Gasteiger partial charge in [-0.15, -0.1) is 0 Å². The van der Waals surface area contributed by atoms with Crippen molar-refractivity contribution < 1.29 is 9.53 Å². The van der Waals surface area contributed by atoms with Gasteiger partial charge in [0, 0.05) is 0 Å². The van der Waals surface area contributed by atoms with E-state index in [9.17, 15) is 14.4 Å². The summed E-state index contributed by atoms with van der Waals surface area (Å²) in [5, 5.41) is 7.06. The van der Waals surface area contributed by atoms with Gasteiger partial charge >= 0.3 is 345 Å². The third-order valence-corrected chi connectivity index (χ3v) is 16.9. The first-order valence-electron chi connectivity index (χ1n) is 18.1. The van der Waals surface area contributed by atoms with Crippen LogP contribution in [0, 0.1) is 6.92 Å². The van der Waals surface area contributed by atoms with Crippen LogP contribution >= 0.6 is 0 Å². The molecule has 0 amide bonds. The van der Waals surface area contributed by atoms with Crippen LogP contribution < -0.4 is 30.7 Å². The number of aromatic amines is 4. The fourth-order valence-electron chi connectivity index (χ4n) is 6.98. The van der Waals surface area contributed by atoms with E-state index in [4.69, 9.17) is 14.7 Å². The Morgan fingerprint density at radius 1 is 0.661 bits per heavy atom. The van der Waals surface area contributed by atoms with Crippen LogP contribution in [-0.2, 0) is 4.74 Å². The second-order valence-corrected chi connectivity index (χ2v) is 19.7. The molecule has 0 spiro atoms. The van der Waals surface area contributed by atoms with Crippen molar-refractivity contribution in [1.29, 1.82) is 0 Å². The monoisotopic (exact) mass is 914 g/mol. The Balaban J connectivity index is 0.950. The molecule has 0 unspecified atom stereocenters. The molecule has 0 atom stereocenters. The van der Waals surface area contributed by atoms with Crippen LogP contribution in [0.25, 0.3) is 56.4 Å². The Bertz CT molecular complexity index is 3370. The zero-order chi connectivity index (χ0) is 40.2. The van der Waals surface area contributed by atoms with E-state index < -0.39 is 5.97 Å². The molecule has 0 aliphatic rings. The molecule has 4 aromatic carbocycles. The Morgan fingerprint density at radius 2 is 1.15 bits per heavy atom. The molecule has 16 nitrogen and oxygen atoms in total. The number of carbonyl (C=O) groups excluding carboxylic acids is 1. The minimum atomic E-state index is -0.488. The number of hydrogen-bond donors (Lipinski definition) is 6. The number of anilines is 4. The number of hydrogen-bond acceptors (Lipinski definition) is 10. The van der Waals surface area contributed by atoms with Crippen LogP contribution in [0.2, 0.25) is 0 Å². The number of carbonyl (C=O) groups is 1. The van der Waals surface area contributed by atoms with Crippen LogP contribution in [0.15, 0.2) is 119 Å². The van der Waals surface area contributed by atoms with Gasteiger partial charge in [0.15, 0.2) is 0 Å². The van der Waals surface area contributed by atoms with Crippen LogP contribution in [0.1, 0.15) is 15.9 Å². The van der Waals surface area contributed by atoms with Gasteiger partial charge in [-0.1, -0.05) is 0 Å². The van der Waals surface area contributed by atoms with Gasteiger partial charge < -0.3 is 0 Å². The van der Waals surface area contributed by atoms with Crippen LogP contribution in [0.5, 0.6) is 0 Å². The van der Waals surface area contributed by atoms with Crippen molar-refractivity contribution in [2.45, 2.75) is 6.92 Å². The van der Waals surface area contributed by atoms with Gasteiger partial charge in [-0.3, -0.25) is 0 Å². The number of nitrogens with zero attached hydrogens (tertiary/aromatic N) is 6. The quantitative estimate of drug-likeness (QED) is 0.0848. The Kier molecular flexibility index (Phi) is 8.95. The summed E-state index contributed by atoms with van der Waals surface area (Å²) in [4.78, 5) is 68.8. The molecular weight excluding hydrogens is 882 g/mol. The molecule has 6 heterocycles. The Labute approximate surface area is 343 Å². The molecule has 0 bridgehead atoms. The first-order chi connectivity index (χ1) is 28.8. The summed E-state index contributed by atoms with van der Waals surface area (Å²) in [6.45, 7) is 2.06. The molecule has 0 radical (unpaired) electrons. The molecule has 6 aromatic heterocycles. The maximum atomic E-state index is 13.3. The fraction of sp³-hybridized carbons (Fsp3) is 0.0488. The third kappa shape index (κ3) is 6.36.